The molecule has 0 aromatic rings. The van der Waals surface area contributed by atoms with Gasteiger partial charge < -0.3 is 18.7 Å². The number of nitrogens with zero attached hydrogens (tertiary/aromatic N) is 2. The Labute approximate surface area is 211 Å². The van der Waals surface area contributed by atoms with Crippen LogP contribution >= 0.6 is 0 Å². The number of amides is 1. The molecule has 1 fully saturated rings. The molecule has 0 spiro atoms. The Morgan fingerprint density at radius 2 is 1.68 bits per heavy atom. The van der Waals surface area contributed by atoms with Crippen molar-refractivity contribution in [3.05, 3.63) is 0 Å². The van der Waals surface area contributed by atoms with Gasteiger partial charge in [0.2, 0.25) is 16.3 Å². The molecule has 1 amide bonds. The lowest BCUT2D eigenvalue weighted by Crippen LogP contribution is -2.44. The second kappa shape index (κ2) is 19.0. The lowest BCUT2D eigenvalue weighted by atomic mass is 9.84. The van der Waals surface area contributed by atoms with Crippen LogP contribution in [0.4, 0.5) is 0 Å². The fourth-order valence-corrected chi connectivity index (χ4v) is 3.37. The van der Waals surface area contributed by atoms with Crippen LogP contribution < -0.4 is 0 Å². The minimum absolute atomic E-state index is 0. The molecule has 1 atom stereocenters. The van der Waals surface area contributed by atoms with E-state index in [1.807, 2.05) is 18.7 Å². The zero-order valence-corrected chi connectivity index (χ0v) is 20.4. The van der Waals surface area contributed by atoms with Gasteiger partial charge in [-0.05, 0) is 47.0 Å². The third-order valence-electron chi connectivity index (χ3n) is 5.37. The third-order valence-corrected chi connectivity index (χ3v) is 5.89. The lowest BCUT2D eigenvalue weighted by Gasteiger charge is -2.33. The predicted octanol–water partition coefficient (Wildman–Crippen LogP) is 4.47. The summed E-state index contributed by atoms with van der Waals surface area (Å²) >= 11 is 0. The highest BCUT2D eigenvalue weighted by molar-refractivity contribution is 7.80. The van der Waals surface area contributed by atoms with Gasteiger partial charge in [-0.25, -0.2) is 8.42 Å². The summed E-state index contributed by atoms with van der Waals surface area (Å²) in [5.74, 6) is 0.0710. The van der Waals surface area contributed by atoms with E-state index in [2.05, 4.69) is 32.1 Å². The fraction of sp³-hybridized carbons (Fsp3) is 0.917. The monoisotopic (exact) mass is 516 g/mol. The lowest BCUT2D eigenvalue weighted by molar-refractivity contribution is -0.888. The zero-order chi connectivity index (χ0) is 23.6. The molecule has 1 rings (SSSR count). The summed E-state index contributed by atoms with van der Waals surface area (Å²) in [6.45, 7) is 12.5. The highest BCUT2D eigenvalue weighted by Crippen LogP contribution is 2.30. The van der Waals surface area contributed by atoms with E-state index in [1.54, 1.807) is 0 Å². The van der Waals surface area contributed by atoms with Crippen molar-refractivity contribution >= 4 is 22.3 Å². The molecule has 1 aliphatic heterocycles. The van der Waals surface area contributed by atoms with E-state index in [0.29, 0.717) is 19.4 Å². The van der Waals surface area contributed by atoms with Crippen molar-refractivity contribution in [3.8, 4) is 0 Å². The molecule has 0 bridgehead atoms. The molecule has 1 aliphatic rings. The molecule has 210 valence electrons. The van der Waals surface area contributed by atoms with Gasteiger partial charge in [-0.1, -0.05) is 36.6 Å². The summed E-state index contributed by atoms with van der Waals surface area (Å²) in [6.07, 6.45) is 3.12. The standard InChI is InChI=1S/C18H35N2O3.C2H6O4S.4CH4/c1-7-15(19-11-9-10-16(19)21)14-18(3,4)17(22)23-13-12-20(5,6)8-2;1-2-6-7(3,4)5;;;;/h15H,7-14H2,1-6H3;2H2,1H3,(H,3,4,5);4*1H4/q+1;;;;;/p-1. The van der Waals surface area contributed by atoms with Crippen molar-refractivity contribution in [1.29, 1.82) is 0 Å². The molecule has 0 aromatic heterocycles. The Bertz CT molecular complexity index is 650. The molecule has 1 unspecified atom stereocenters. The second-order valence-corrected chi connectivity index (χ2v) is 9.82. The van der Waals surface area contributed by atoms with Crippen molar-refractivity contribution < 1.29 is 36.0 Å². The van der Waals surface area contributed by atoms with Gasteiger partial charge in [0.1, 0.15) is 13.2 Å². The van der Waals surface area contributed by atoms with Gasteiger partial charge >= 0.3 is 5.97 Å². The Balaban J connectivity index is -0.000000224. The average molecular weight is 517 g/mol. The normalized spacial score (nSPS) is 14.2. The van der Waals surface area contributed by atoms with Gasteiger partial charge in [-0.15, -0.1) is 0 Å². The molecule has 0 radical (unpaired) electrons. The first-order valence-electron chi connectivity index (χ1n) is 10.6. The molecule has 1 saturated heterocycles. The van der Waals surface area contributed by atoms with Crippen LogP contribution in [0.1, 0.15) is 90.0 Å². The number of quaternary nitrogens is 1. The highest BCUT2D eigenvalue weighted by Gasteiger charge is 2.36. The molecule has 0 aliphatic carbocycles. The smallest absolute Gasteiger partial charge is 0.311 e. The number of carbonyl (C=O) groups excluding carboxylic acids is 2. The quantitative estimate of drug-likeness (QED) is 0.172. The first-order chi connectivity index (χ1) is 13.7. The molecule has 9 nitrogen and oxygen atoms in total. The van der Waals surface area contributed by atoms with E-state index < -0.39 is 15.8 Å². The van der Waals surface area contributed by atoms with Crippen molar-refractivity contribution in [2.24, 2.45) is 5.41 Å². The van der Waals surface area contributed by atoms with E-state index in [0.717, 1.165) is 37.0 Å². The number of likely N-dealkylation sites (N-methyl/N-ethyl adjacent to an activating group) is 1. The maximum atomic E-state index is 12.5. The first-order valence-corrected chi connectivity index (χ1v) is 11.9. The van der Waals surface area contributed by atoms with E-state index in [4.69, 9.17) is 4.74 Å². The van der Waals surface area contributed by atoms with Crippen molar-refractivity contribution in [2.75, 3.05) is 46.9 Å². The molecular formula is C24H56N2O7S. The number of hydrogen-bond acceptors (Lipinski definition) is 7. The summed E-state index contributed by atoms with van der Waals surface area (Å²) in [7, 11) is -0.164. The van der Waals surface area contributed by atoms with Crippen LogP contribution in [0, 0.1) is 5.41 Å². The van der Waals surface area contributed by atoms with Gasteiger partial charge in [0.25, 0.3) is 0 Å². The number of esters is 1. The van der Waals surface area contributed by atoms with Gasteiger partial charge in [-0.2, -0.15) is 0 Å². The maximum Gasteiger partial charge on any atom is 0.311 e. The topological polar surface area (TPSA) is 113 Å². The Hall–Kier alpha value is -1.23. The van der Waals surface area contributed by atoms with Crippen LogP contribution in [0.3, 0.4) is 0 Å². The van der Waals surface area contributed by atoms with E-state index in [1.165, 1.54) is 6.92 Å². The van der Waals surface area contributed by atoms with Crippen LogP contribution in [0.25, 0.3) is 0 Å². The molecular weight excluding hydrogens is 460 g/mol. The Morgan fingerprint density at radius 3 is 2.00 bits per heavy atom. The highest BCUT2D eigenvalue weighted by atomic mass is 32.3. The van der Waals surface area contributed by atoms with Crippen molar-refractivity contribution in [3.63, 3.8) is 0 Å². The first kappa shape index (κ1) is 42.9. The van der Waals surface area contributed by atoms with Crippen LogP contribution in [0.5, 0.6) is 0 Å². The van der Waals surface area contributed by atoms with E-state index in [9.17, 15) is 22.6 Å². The van der Waals surface area contributed by atoms with Crippen LogP contribution in [0.2, 0.25) is 0 Å². The Morgan fingerprint density at radius 1 is 1.15 bits per heavy atom. The number of carbonyl (C=O) groups is 2. The number of likely N-dealkylation sites (tertiary alicyclic amines) is 1. The van der Waals surface area contributed by atoms with Crippen LogP contribution in [0.15, 0.2) is 0 Å². The molecule has 1 heterocycles. The largest absolute Gasteiger partial charge is 0.726 e. The van der Waals surface area contributed by atoms with Gasteiger partial charge in [0, 0.05) is 19.0 Å². The molecule has 34 heavy (non-hydrogen) atoms. The van der Waals surface area contributed by atoms with Gasteiger partial charge in [-0.3, -0.25) is 13.8 Å². The van der Waals surface area contributed by atoms with Crippen LogP contribution in [-0.2, 0) is 28.9 Å². The van der Waals surface area contributed by atoms with Gasteiger partial charge in [0.05, 0.1) is 32.7 Å². The summed E-state index contributed by atoms with van der Waals surface area (Å²) < 4.78 is 38.4. The third kappa shape index (κ3) is 17.2. The minimum atomic E-state index is -4.42. The summed E-state index contributed by atoms with van der Waals surface area (Å²) in [6, 6.07) is 0.135. The molecule has 0 saturated carbocycles. The van der Waals surface area contributed by atoms with E-state index >= 15 is 0 Å². The SMILES string of the molecule is C.C.C.C.CCC(CC(C)(C)C(=O)OCC[N+](C)(C)CC)N1CCCC1=O.CCOS(=O)(=O)[O-]. The molecule has 0 N–H and O–H groups in total. The number of hydrogen-bond donors (Lipinski definition) is 0. The van der Waals surface area contributed by atoms with Crippen molar-refractivity contribution in [1.82, 2.24) is 4.90 Å². The maximum absolute atomic E-state index is 12.5. The van der Waals surface area contributed by atoms with E-state index in [-0.39, 0.29) is 54.2 Å². The fourth-order valence-electron chi connectivity index (χ4n) is 3.09. The summed E-state index contributed by atoms with van der Waals surface area (Å²) in [4.78, 5) is 26.4. The Kier molecular flexibility index (Phi) is 24.0. The number of ether oxygens (including phenoxy) is 1. The second-order valence-electron chi connectivity index (χ2n) is 8.77. The number of rotatable bonds is 11. The van der Waals surface area contributed by atoms with Crippen LogP contribution in [-0.4, -0.2) is 87.2 Å². The minimum Gasteiger partial charge on any atom is -0.726 e. The molecule has 10 heteroatoms. The summed E-state index contributed by atoms with van der Waals surface area (Å²) in [5, 5.41) is 0. The zero-order valence-electron chi connectivity index (χ0n) is 19.6. The van der Waals surface area contributed by atoms with Crippen molar-refractivity contribution in [2.45, 2.75) is 96.1 Å². The summed E-state index contributed by atoms with van der Waals surface area (Å²) in [5.41, 5.74) is -0.563. The molecule has 0 aromatic carbocycles. The average Bonchev–Trinajstić information content (AvgIpc) is 3.05. The predicted molar refractivity (Wildman–Crippen MR) is 140 cm³/mol. The van der Waals surface area contributed by atoms with Gasteiger partial charge in [0.15, 0.2) is 0 Å².